The minimum absolute atomic E-state index is 0.00620. The summed E-state index contributed by atoms with van der Waals surface area (Å²) in [7, 11) is 0. The molecule has 1 aliphatic carbocycles. The van der Waals surface area contributed by atoms with Crippen molar-refractivity contribution in [2.75, 3.05) is 0 Å². The van der Waals surface area contributed by atoms with Crippen LogP contribution >= 0.6 is 0 Å². The van der Waals surface area contributed by atoms with E-state index in [9.17, 15) is 10.1 Å². The Labute approximate surface area is 133 Å². The fourth-order valence-electron chi connectivity index (χ4n) is 3.74. The zero-order valence-corrected chi connectivity index (χ0v) is 14.0. The third-order valence-corrected chi connectivity index (χ3v) is 5.29. The van der Waals surface area contributed by atoms with Crippen LogP contribution in [0.3, 0.4) is 0 Å². The Kier molecular flexibility index (Phi) is 5.38. The second kappa shape index (κ2) is 7.08. The SMILES string of the molecule is CCCCC(c1ccccc1)C1([N+](=O)[O-])CCC(C)=C(C)C1. The van der Waals surface area contributed by atoms with Crippen molar-refractivity contribution in [1.82, 2.24) is 0 Å². The van der Waals surface area contributed by atoms with Crippen LogP contribution in [-0.4, -0.2) is 10.5 Å². The molecule has 3 nitrogen and oxygen atoms in total. The van der Waals surface area contributed by atoms with Crippen molar-refractivity contribution in [3.63, 3.8) is 0 Å². The van der Waals surface area contributed by atoms with Crippen LogP contribution in [0, 0.1) is 10.1 Å². The minimum atomic E-state index is -0.833. The van der Waals surface area contributed by atoms with Crippen LogP contribution < -0.4 is 0 Å². The van der Waals surface area contributed by atoms with Crippen LogP contribution in [0.5, 0.6) is 0 Å². The number of rotatable bonds is 6. The summed E-state index contributed by atoms with van der Waals surface area (Å²) in [5.74, 6) is 0.00620. The van der Waals surface area contributed by atoms with E-state index in [2.05, 4.69) is 32.9 Å². The van der Waals surface area contributed by atoms with Gasteiger partial charge >= 0.3 is 0 Å². The van der Waals surface area contributed by atoms with Crippen LogP contribution in [0.4, 0.5) is 0 Å². The highest BCUT2D eigenvalue weighted by Gasteiger charge is 2.51. The van der Waals surface area contributed by atoms with Crippen molar-refractivity contribution in [3.8, 4) is 0 Å². The molecule has 2 unspecified atom stereocenters. The van der Waals surface area contributed by atoms with E-state index in [1.54, 1.807) is 0 Å². The van der Waals surface area contributed by atoms with Crippen LogP contribution in [0.15, 0.2) is 41.5 Å². The van der Waals surface area contributed by atoms with Crippen LogP contribution in [0.25, 0.3) is 0 Å². The summed E-state index contributed by atoms with van der Waals surface area (Å²) in [6.07, 6.45) is 5.11. The summed E-state index contributed by atoms with van der Waals surface area (Å²) >= 11 is 0. The Bertz CT molecular complexity index is 550. The average Bonchev–Trinajstić information content (AvgIpc) is 2.52. The van der Waals surface area contributed by atoms with Crippen molar-refractivity contribution < 1.29 is 4.92 Å². The number of hydrogen-bond acceptors (Lipinski definition) is 2. The Morgan fingerprint density at radius 3 is 2.45 bits per heavy atom. The predicted octanol–water partition coefficient (Wildman–Crippen LogP) is 5.50. The van der Waals surface area contributed by atoms with Gasteiger partial charge in [0.25, 0.3) is 0 Å². The van der Waals surface area contributed by atoms with E-state index in [4.69, 9.17) is 0 Å². The quantitative estimate of drug-likeness (QED) is 0.396. The second-order valence-electron chi connectivity index (χ2n) is 6.70. The van der Waals surface area contributed by atoms with Gasteiger partial charge in [-0.3, -0.25) is 10.1 Å². The van der Waals surface area contributed by atoms with Crippen molar-refractivity contribution >= 4 is 0 Å². The summed E-state index contributed by atoms with van der Waals surface area (Å²) < 4.78 is 0. The fraction of sp³-hybridized carbons (Fsp3) is 0.579. The molecule has 0 aliphatic heterocycles. The molecule has 2 rings (SSSR count). The molecule has 1 aromatic rings. The smallest absolute Gasteiger partial charge is 0.232 e. The molecule has 1 aliphatic rings. The van der Waals surface area contributed by atoms with Gasteiger partial charge in [-0.15, -0.1) is 0 Å². The maximum absolute atomic E-state index is 12.1. The molecule has 0 bridgehead atoms. The lowest BCUT2D eigenvalue weighted by Crippen LogP contribution is -2.46. The zero-order chi connectivity index (χ0) is 16.2. The van der Waals surface area contributed by atoms with Gasteiger partial charge in [0, 0.05) is 17.8 Å². The molecule has 0 N–H and O–H groups in total. The monoisotopic (exact) mass is 301 g/mol. The number of nitrogens with zero attached hydrogens (tertiary/aromatic N) is 1. The molecule has 0 fully saturated rings. The molecule has 0 heterocycles. The molecular formula is C19H27NO2. The normalized spacial score (nSPS) is 23.4. The van der Waals surface area contributed by atoms with Crippen molar-refractivity contribution in [2.45, 2.75) is 70.8 Å². The van der Waals surface area contributed by atoms with E-state index < -0.39 is 5.54 Å². The van der Waals surface area contributed by atoms with Gasteiger partial charge in [-0.2, -0.15) is 0 Å². The number of allylic oxidation sites excluding steroid dienone is 1. The molecule has 0 amide bonds. The highest BCUT2D eigenvalue weighted by molar-refractivity contribution is 5.27. The van der Waals surface area contributed by atoms with Crippen molar-refractivity contribution in [1.29, 1.82) is 0 Å². The first-order valence-electron chi connectivity index (χ1n) is 8.36. The van der Waals surface area contributed by atoms with Crippen LogP contribution in [0.1, 0.15) is 70.8 Å². The van der Waals surface area contributed by atoms with E-state index in [0.717, 1.165) is 31.2 Å². The van der Waals surface area contributed by atoms with Crippen molar-refractivity contribution in [2.24, 2.45) is 0 Å². The molecular weight excluding hydrogens is 274 g/mol. The standard InChI is InChI=1S/C19H27NO2/c1-4-5-11-18(17-9-7-6-8-10-17)19(20(21)22)13-12-15(2)16(3)14-19/h6-10,18H,4-5,11-14H2,1-3H3. The van der Waals surface area contributed by atoms with Gasteiger partial charge in [0.2, 0.25) is 5.54 Å². The first-order chi connectivity index (χ1) is 10.5. The summed E-state index contributed by atoms with van der Waals surface area (Å²) in [6.45, 7) is 6.33. The molecule has 0 saturated carbocycles. The van der Waals surface area contributed by atoms with E-state index in [1.807, 2.05) is 18.2 Å². The Morgan fingerprint density at radius 2 is 1.91 bits per heavy atom. The lowest BCUT2D eigenvalue weighted by molar-refractivity contribution is -0.577. The highest BCUT2D eigenvalue weighted by atomic mass is 16.6. The highest BCUT2D eigenvalue weighted by Crippen LogP contribution is 2.46. The van der Waals surface area contributed by atoms with Gasteiger partial charge in [0.05, 0.1) is 5.92 Å². The Balaban J connectivity index is 2.44. The Hall–Kier alpha value is -1.64. The van der Waals surface area contributed by atoms with Gasteiger partial charge in [-0.25, -0.2) is 0 Å². The largest absolute Gasteiger partial charge is 0.264 e. The molecule has 120 valence electrons. The summed E-state index contributed by atoms with van der Waals surface area (Å²) in [6, 6.07) is 10.1. The first-order valence-corrected chi connectivity index (χ1v) is 8.36. The maximum Gasteiger partial charge on any atom is 0.232 e. The minimum Gasteiger partial charge on any atom is -0.264 e. The molecule has 22 heavy (non-hydrogen) atoms. The van der Waals surface area contributed by atoms with Gasteiger partial charge < -0.3 is 0 Å². The van der Waals surface area contributed by atoms with Gasteiger partial charge in [-0.1, -0.05) is 61.2 Å². The number of hydrogen-bond donors (Lipinski definition) is 0. The topological polar surface area (TPSA) is 43.1 Å². The molecule has 0 saturated heterocycles. The number of unbranched alkanes of at least 4 members (excludes halogenated alkanes) is 1. The van der Waals surface area contributed by atoms with E-state index in [-0.39, 0.29) is 10.8 Å². The van der Waals surface area contributed by atoms with Crippen molar-refractivity contribution in [3.05, 3.63) is 57.2 Å². The lowest BCUT2D eigenvalue weighted by atomic mass is 9.67. The van der Waals surface area contributed by atoms with E-state index >= 15 is 0 Å². The van der Waals surface area contributed by atoms with Crippen LogP contribution in [0.2, 0.25) is 0 Å². The third-order valence-electron chi connectivity index (χ3n) is 5.29. The second-order valence-corrected chi connectivity index (χ2v) is 6.70. The first kappa shape index (κ1) is 16.7. The molecule has 3 heteroatoms. The third kappa shape index (κ3) is 3.23. The van der Waals surface area contributed by atoms with E-state index in [0.29, 0.717) is 12.8 Å². The van der Waals surface area contributed by atoms with Crippen LogP contribution in [-0.2, 0) is 0 Å². The van der Waals surface area contributed by atoms with Gasteiger partial charge in [-0.05, 0) is 32.3 Å². The molecule has 2 atom stereocenters. The summed E-state index contributed by atoms with van der Waals surface area (Å²) in [5.41, 5.74) is 2.83. The summed E-state index contributed by atoms with van der Waals surface area (Å²) in [5, 5.41) is 12.1. The number of nitro groups is 1. The van der Waals surface area contributed by atoms with Gasteiger partial charge in [0.1, 0.15) is 0 Å². The fourth-order valence-corrected chi connectivity index (χ4v) is 3.74. The summed E-state index contributed by atoms with van der Waals surface area (Å²) in [4.78, 5) is 12.1. The Morgan fingerprint density at radius 1 is 1.23 bits per heavy atom. The number of benzene rings is 1. The molecule has 0 radical (unpaired) electrons. The predicted molar refractivity (Wildman–Crippen MR) is 90.7 cm³/mol. The van der Waals surface area contributed by atoms with Gasteiger partial charge in [0.15, 0.2) is 0 Å². The maximum atomic E-state index is 12.1. The lowest BCUT2D eigenvalue weighted by Gasteiger charge is -2.37. The molecule has 0 aromatic heterocycles. The molecule has 1 aromatic carbocycles. The molecule has 0 spiro atoms. The average molecular weight is 301 g/mol. The zero-order valence-electron chi connectivity index (χ0n) is 14.0. The van der Waals surface area contributed by atoms with E-state index in [1.165, 1.54) is 11.1 Å².